The van der Waals surface area contributed by atoms with Gasteiger partial charge in [-0.3, -0.25) is 9.63 Å². The van der Waals surface area contributed by atoms with E-state index in [2.05, 4.69) is 20.8 Å². The van der Waals surface area contributed by atoms with Crippen LogP contribution >= 0.6 is 0 Å². The number of carbonyl (C=O) groups excluding carboxylic acids is 1. The fraction of sp³-hybridized carbons (Fsp3) is 0.500. The van der Waals surface area contributed by atoms with Crippen molar-refractivity contribution in [3.63, 3.8) is 0 Å². The van der Waals surface area contributed by atoms with Gasteiger partial charge in [-0.1, -0.05) is 39.0 Å². The molecule has 0 N–H and O–H groups in total. The highest BCUT2D eigenvalue weighted by Gasteiger charge is 2.64. The number of rotatable bonds is 3. The number of anilines is 1. The lowest BCUT2D eigenvalue weighted by molar-refractivity contribution is -0.125. The number of hydroxylamine groups is 1. The molecule has 3 heteroatoms. The van der Waals surface area contributed by atoms with Crippen molar-refractivity contribution in [3.05, 3.63) is 42.1 Å². The Morgan fingerprint density at radius 2 is 1.90 bits per heavy atom. The monoisotopic (exact) mass is 285 g/mol. The van der Waals surface area contributed by atoms with E-state index in [4.69, 9.17) is 4.84 Å². The van der Waals surface area contributed by atoms with Gasteiger partial charge in [-0.2, -0.15) is 0 Å². The molecule has 2 fully saturated rings. The molecule has 0 radical (unpaired) electrons. The first-order chi connectivity index (χ1) is 9.91. The van der Waals surface area contributed by atoms with Crippen LogP contribution in [0, 0.1) is 16.7 Å². The van der Waals surface area contributed by atoms with Gasteiger partial charge in [0.1, 0.15) is 0 Å². The molecule has 2 aliphatic rings. The topological polar surface area (TPSA) is 29.5 Å². The van der Waals surface area contributed by atoms with Crippen molar-refractivity contribution in [2.45, 2.75) is 33.6 Å². The molecule has 3 nitrogen and oxygen atoms in total. The van der Waals surface area contributed by atoms with Crippen LogP contribution < -0.4 is 5.06 Å². The first-order valence-corrected chi connectivity index (χ1v) is 7.57. The highest BCUT2D eigenvalue weighted by atomic mass is 16.7. The van der Waals surface area contributed by atoms with Crippen LogP contribution in [0.5, 0.6) is 0 Å². The van der Waals surface area contributed by atoms with E-state index >= 15 is 0 Å². The van der Waals surface area contributed by atoms with Crippen molar-refractivity contribution < 1.29 is 9.63 Å². The van der Waals surface area contributed by atoms with Gasteiger partial charge < -0.3 is 0 Å². The number of hydrogen-bond donors (Lipinski definition) is 0. The summed E-state index contributed by atoms with van der Waals surface area (Å²) in [5.74, 6) is 0.623. The number of Topliss-reactive ketones (excluding diaryl/α,β-unsaturated/α-hetero) is 1. The fourth-order valence-corrected chi connectivity index (χ4v) is 4.01. The SMILES string of the molecule is CON(C=C1C(=O)[C@@]2(C)CC[C@H]1C2(C)C)c1ccccc1. The molecule has 0 aliphatic heterocycles. The lowest BCUT2D eigenvalue weighted by Crippen LogP contribution is -2.32. The number of benzene rings is 1. The highest BCUT2D eigenvalue weighted by Crippen LogP contribution is 2.65. The minimum atomic E-state index is -0.223. The fourth-order valence-electron chi connectivity index (χ4n) is 4.01. The van der Waals surface area contributed by atoms with Crippen molar-refractivity contribution in [1.82, 2.24) is 0 Å². The van der Waals surface area contributed by atoms with Crippen LogP contribution in [0.25, 0.3) is 0 Å². The van der Waals surface area contributed by atoms with Crippen LogP contribution in [-0.4, -0.2) is 12.9 Å². The van der Waals surface area contributed by atoms with Gasteiger partial charge in [0.25, 0.3) is 0 Å². The Morgan fingerprint density at radius 3 is 2.43 bits per heavy atom. The van der Waals surface area contributed by atoms with Gasteiger partial charge in [0.15, 0.2) is 5.78 Å². The molecule has 0 unspecified atom stereocenters. The number of ketones is 1. The third-order valence-corrected chi connectivity index (χ3v) is 5.83. The molecule has 0 heterocycles. The van der Waals surface area contributed by atoms with Crippen molar-refractivity contribution in [3.8, 4) is 0 Å². The normalized spacial score (nSPS) is 31.9. The summed E-state index contributed by atoms with van der Waals surface area (Å²) in [6.07, 6.45) is 3.99. The quantitative estimate of drug-likeness (QED) is 0.622. The van der Waals surface area contributed by atoms with Gasteiger partial charge in [-0.15, -0.1) is 0 Å². The van der Waals surface area contributed by atoms with E-state index < -0.39 is 0 Å². The maximum absolute atomic E-state index is 12.8. The number of carbonyl (C=O) groups is 1. The smallest absolute Gasteiger partial charge is 0.167 e. The van der Waals surface area contributed by atoms with Crippen molar-refractivity contribution in [2.75, 3.05) is 12.2 Å². The summed E-state index contributed by atoms with van der Waals surface area (Å²) in [5.41, 5.74) is 1.66. The maximum atomic E-state index is 12.8. The zero-order valence-electron chi connectivity index (χ0n) is 13.2. The van der Waals surface area contributed by atoms with Crippen molar-refractivity contribution >= 4 is 11.5 Å². The number of fused-ring (bicyclic) bond motifs is 2. The summed E-state index contributed by atoms with van der Waals surface area (Å²) < 4.78 is 0. The number of allylic oxidation sites excluding steroid dienone is 1. The third kappa shape index (κ3) is 1.87. The van der Waals surface area contributed by atoms with E-state index in [1.165, 1.54) is 0 Å². The summed E-state index contributed by atoms with van der Waals surface area (Å²) in [7, 11) is 1.63. The number of nitrogens with zero attached hydrogens (tertiary/aromatic N) is 1. The van der Waals surface area contributed by atoms with Crippen LogP contribution in [0.15, 0.2) is 42.1 Å². The first-order valence-electron chi connectivity index (χ1n) is 7.57. The van der Waals surface area contributed by atoms with Gasteiger partial charge in [0.2, 0.25) is 0 Å². The largest absolute Gasteiger partial charge is 0.294 e. The molecule has 3 rings (SSSR count). The third-order valence-electron chi connectivity index (χ3n) is 5.83. The Labute approximate surface area is 126 Å². The Bertz CT molecular complexity index is 590. The average molecular weight is 285 g/mol. The van der Waals surface area contributed by atoms with Crippen molar-refractivity contribution in [1.29, 1.82) is 0 Å². The zero-order valence-corrected chi connectivity index (χ0v) is 13.2. The zero-order chi connectivity index (χ0) is 15.3. The molecule has 0 aromatic heterocycles. The summed E-state index contributed by atoms with van der Waals surface area (Å²) in [5, 5.41) is 1.70. The van der Waals surface area contributed by atoms with Crippen LogP contribution in [0.3, 0.4) is 0 Å². The minimum Gasteiger partial charge on any atom is -0.294 e. The molecule has 0 spiro atoms. The van der Waals surface area contributed by atoms with E-state index in [1.54, 1.807) is 12.2 Å². The van der Waals surface area contributed by atoms with E-state index in [9.17, 15) is 4.79 Å². The van der Waals surface area contributed by atoms with Gasteiger partial charge in [0.05, 0.1) is 12.8 Å². The average Bonchev–Trinajstić information content (AvgIpc) is 2.79. The minimum absolute atomic E-state index is 0.0337. The summed E-state index contributed by atoms with van der Waals surface area (Å²) >= 11 is 0. The van der Waals surface area contributed by atoms with Crippen LogP contribution in [-0.2, 0) is 9.63 Å². The number of para-hydroxylation sites is 1. The standard InChI is InChI=1S/C18H23NO2/c1-17(2)15-10-11-18(17,3)16(20)14(15)12-19(21-4)13-8-6-5-7-9-13/h5-9,12,15H,10-11H2,1-4H3/t15-,18-/m1/s1. The number of hydrogen-bond acceptors (Lipinski definition) is 3. The molecule has 2 bridgehead atoms. The Hall–Kier alpha value is -1.61. The highest BCUT2D eigenvalue weighted by molar-refractivity contribution is 6.04. The van der Waals surface area contributed by atoms with Gasteiger partial charge >= 0.3 is 0 Å². The summed E-state index contributed by atoms with van der Waals surface area (Å²) in [6, 6.07) is 9.86. The Balaban J connectivity index is 1.99. The summed E-state index contributed by atoms with van der Waals surface area (Å²) in [6.45, 7) is 6.57. The molecule has 1 aromatic carbocycles. The first kappa shape index (κ1) is 14.3. The lowest BCUT2D eigenvalue weighted by Gasteiger charge is -2.31. The molecule has 1 aromatic rings. The Kier molecular flexibility index (Phi) is 3.21. The van der Waals surface area contributed by atoms with E-state index in [1.807, 2.05) is 36.5 Å². The van der Waals surface area contributed by atoms with Crippen LogP contribution in [0.1, 0.15) is 33.6 Å². The summed E-state index contributed by atoms with van der Waals surface area (Å²) in [4.78, 5) is 18.3. The Morgan fingerprint density at radius 1 is 1.24 bits per heavy atom. The van der Waals surface area contributed by atoms with Gasteiger partial charge in [-0.05, 0) is 36.3 Å². The molecule has 2 aliphatic carbocycles. The predicted octanol–water partition coefficient (Wildman–Crippen LogP) is 3.96. The van der Waals surface area contributed by atoms with Crippen molar-refractivity contribution in [2.24, 2.45) is 16.7 Å². The van der Waals surface area contributed by atoms with E-state index in [-0.39, 0.29) is 10.8 Å². The van der Waals surface area contributed by atoms with Gasteiger partial charge in [0, 0.05) is 17.2 Å². The molecule has 21 heavy (non-hydrogen) atoms. The molecular formula is C18H23NO2. The van der Waals surface area contributed by atoms with E-state index in [0.29, 0.717) is 11.7 Å². The van der Waals surface area contributed by atoms with E-state index in [0.717, 1.165) is 24.1 Å². The maximum Gasteiger partial charge on any atom is 0.167 e. The molecular weight excluding hydrogens is 262 g/mol. The van der Waals surface area contributed by atoms with Crippen LogP contribution in [0.2, 0.25) is 0 Å². The molecule has 0 saturated heterocycles. The predicted molar refractivity (Wildman–Crippen MR) is 83.6 cm³/mol. The second kappa shape index (κ2) is 4.70. The lowest BCUT2D eigenvalue weighted by atomic mass is 9.70. The van der Waals surface area contributed by atoms with Crippen LogP contribution in [0.4, 0.5) is 5.69 Å². The molecule has 2 saturated carbocycles. The molecule has 0 amide bonds. The second-order valence-electron chi connectivity index (χ2n) is 6.90. The van der Waals surface area contributed by atoms with Gasteiger partial charge in [-0.25, -0.2) is 5.06 Å². The second-order valence-corrected chi connectivity index (χ2v) is 6.90. The molecule has 112 valence electrons. The molecule has 2 atom stereocenters.